The fourth-order valence-electron chi connectivity index (χ4n) is 3.77. The van der Waals surface area contributed by atoms with Crippen LogP contribution in [0.25, 0.3) is 0 Å². The van der Waals surface area contributed by atoms with Crippen molar-refractivity contribution in [3.63, 3.8) is 0 Å². The van der Waals surface area contributed by atoms with Crippen molar-refractivity contribution in [2.75, 3.05) is 13.1 Å². The van der Waals surface area contributed by atoms with Gasteiger partial charge < -0.3 is 20.1 Å². The normalized spacial score (nSPS) is 35.2. The van der Waals surface area contributed by atoms with Gasteiger partial charge in [-0.05, 0) is 26.7 Å². The van der Waals surface area contributed by atoms with Gasteiger partial charge in [-0.1, -0.05) is 12.2 Å². The van der Waals surface area contributed by atoms with Gasteiger partial charge in [-0.25, -0.2) is 0 Å². The first kappa shape index (κ1) is 15.5. The molecule has 4 atom stereocenters. The van der Waals surface area contributed by atoms with Crippen LogP contribution < -0.4 is 5.32 Å². The average molecular weight is 308 g/mol. The number of carbonyl (C=O) groups excluding carboxylic acids is 1. The number of fused-ring (bicyclic) bond motifs is 2. The third kappa shape index (κ3) is 2.77. The van der Waals surface area contributed by atoms with E-state index in [2.05, 4.69) is 24.1 Å². The topological polar surface area (TPSA) is 78.9 Å². The second-order valence-corrected chi connectivity index (χ2v) is 6.75. The van der Waals surface area contributed by atoms with Gasteiger partial charge in [0, 0.05) is 25.2 Å². The fraction of sp³-hybridized carbons (Fsp3) is 0.750. The minimum absolute atomic E-state index is 0.139. The first-order chi connectivity index (χ1) is 10.5. The molecule has 22 heavy (non-hydrogen) atoms. The molecule has 0 aliphatic carbocycles. The number of hydrogen-bond acceptors (Lipinski definition) is 4. The maximum Gasteiger partial charge on any atom is 0.310 e. The Bertz CT molecular complexity index is 483. The summed E-state index contributed by atoms with van der Waals surface area (Å²) in [7, 11) is 0. The van der Waals surface area contributed by atoms with Crippen LogP contribution in [0.3, 0.4) is 0 Å². The number of aliphatic carboxylic acids is 1. The van der Waals surface area contributed by atoms with E-state index in [0.29, 0.717) is 6.04 Å². The van der Waals surface area contributed by atoms with Crippen molar-refractivity contribution in [2.45, 2.75) is 51.0 Å². The number of likely N-dealkylation sites (tertiary alicyclic amines) is 1. The molecule has 2 saturated heterocycles. The minimum atomic E-state index is -0.952. The summed E-state index contributed by atoms with van der Waals surface area (Å²) in [5.41, 5.74) is 0. The average Bonchev–Trinajstić information content (AvgIpc) is 3.08. The van der Waals surface area contributed by atoms with Crippen LogP contribution >= 0.6 is 0 Å². The molecule has 6 nitrogen and oxygen atoms in total. The van der Waals surface area contributed by atoms with E-state index >= 15 is 0 Å². The molecule has 0 radical (unpaired) electrons. The number of carboxylic acid groups (broad SMARTS) is 1. The van der Waals surface area contributed by atoms with Crippen LogP contribution in [-0.2, 0) is 14.3 Å². The van der Waals surface area contributed by atoms with Gasteiger partial charge in [0.25, 0.3) is 0 Å². The number of carboxylic acids is 1. The van der Waals surface area contributed by atoms with E-state index in [4.69, 9.17) is 4.74 Å². The van der Waals surface area contributed by atoms with Crippen molar-refractivity contribution in [1.29, 1.82) is 0 Å². The Morgan fingerprint density at radius 1 is 1.18 bits per heavy atom. The lowest BCUT2D eigenvalue weighted by molar-refractivity contribution is -0.146. The first-order valence-electron chi connectivity index (χ1n) is 8.08. The summed E-state index contributed by atoms with van der Waals surface area (Å²) < 4.78 is 5.56. The van der Waals surface area contributed by atoms with Crippen molar-refractivity contribution in [2.24, 2.45) is 11.8 Å². The highest BCUT2D eigenvalue weighted by atomic mass is 16.5. The quantitative estimate of drug-likeness (QED) is 0.745. The summed E-state index contributed by atoms with van der Waals surface area (Å²) in [4.78, 5) is 26.3. The lowest BCUT2D eigenvalue weighted by Crippen LogP contribution is -2.50. The predicted molar refractivity (Wildman–Crippen MR) is 80.3 cm³/mol. The van der Waals surface area contributed by atoms with E-state index in [1.165, 1.54) is 0 Å². The molecule has 2 bridgehead atoms. The highest BCUT2D eigenvalue weighted by molar-refractivity contribution is 5.87. The molecule has 6 heteroatoms. The largest absolute Gasteiger partial charge is 0.481 e. The zero-order valence-electron chi connectivity index (χ0n) is 13.1. The maximum absolute atomic E-state index is 12.5. The summed E-state index contributed by atoms with van der Waals surface area (Å²) in [6.07, 6.45) is 4.56. The zero-order chi connectivity index (χ0) is 15.9. The summed E-state index contributed by atoms with van der Waals surface area (Å²) >= 11 is 0. The molecule has 0 spiro atoms. The molecule has 3 heterocycles. The van der Waals surface area contributed by atoms with Crippen LogP contribution in [0.15, 0.2) is 12.2 Å². The van der Waals surface area contributed by atoms with E-state index in [-0.39, 0.29) is 18.1 Å². The van der Waals surface area contributed by atoms with E-state index in [0.717, 1.165) is 25.9 Å². The molecule has 2 N–H and O–H groups in total. The molecular formula is C16H24N2O4. The van der Waals surface area contributed by atoms with Gasteiger partial charge in [0.2, 0.25) is 5.91 Å². The van der Waals surface area contributed by atoms with Gasteiger partial charge in [-0.2, -0.15) is 0 Å². The molecule has 2 fully saturated rings. The SMILES string of the molecule is CC(C)N1CCC(NC(=O)[C@@H]2[C@H](C(=O)O)[C@H]3C=C[C@H]2O3)CC1. The molecule has 122 valence electrons. The molecule has 0 aromatic rings. The third-order valence-corrected chi connectivity index (χ3v) is 5.09. The third-order valence-electron chi connectivity index (χ3n) is 5.09. The molecule has 0 aromatic carbocycles. The van der Waals surface area contributed by atoms with Gasteiger partial charge in [-0.15, -0.1) is 0 Å². The van der Waals surface area contributed by atoms with E-state index in [1.807, 2.05) is 6.08 Å². The van der Waals surface area contributed by atoms with E-state index in [9.17, 15) is 14.7 Å². The van der Waals surface area contributed by atoms with Crippen LogP contribution in [-0.4, -0.2) is 59.3 Å². The molecule has 0 unspecified atom stereocenters. The molecular weight excluding hydrogens is 284 g/mol. The Hall–Kier alpha value is -1.40. The highest BCUT2D eigenvalue weighted by Gasteiger charge is 2.53. The van der Waals surface area contributed by atoms with E-state index in [1.54, 1.807) is 6.08 Å². The molecule has 3 aliphatic heterocycles. The van der Waals surface area contributed by atoms with Crippen LogP contribution in [0.1, 0.15) is 26.7 Å². The fourth-order valence-corrected chi connectivity index (χ4v) is 3.77. The van der Waals surface area contributed by atoms with Crippen LogP contribution in [0, 0.1) is 11.8 Å². The highest BCUT2D eigenvalue weighted by Crippen LogP contribution is 2.39. The molecule has 3 aliphatic rings. The summed E-state index contributed by atoms with van der Waals surface area (Å²) in [5.74, 6) is -2.49. The van der Waals surface area contributed by atoms with Gasteiger partial charge in [-0.3, -0.25) is 9.59 Å². The summed E-state index contributed by atoms with van der Waals surface area (Å²) in [5, 5.41) is 12.4. The number of hydrogen-bond donors (Lipinski definition) is 2. The smallest absolute Gasteiger partial charge is 0.310 e. The van der Waals surface area contributed by atoms with Crippen molar-refractivity contribution >= 4 is 11.9 Å². The van der Waals surface area contributed by atoms with Crippen LogP contribution in [0.2, 0.25) is 0 Å². The van der Waals surface area contributed by atoms with Crippen LogP contribution in [0.5, 0.6) is 0 Å². The summed E-state index contributed by atoms with van der Waals surface area (Å²) in [6.45, 7) is 6.29. The number of rotatable bonds is 4. The lowest BCUT2D eigenvalue weighted by Gasteiger charge is -2.35. The van der Waals surface area contributed by atoms with Gasteiger partial charge >= 0.3 is 5.97 Å². The molecule has 0 saturated carbocycles. The van der Waals surface area contributed by atoms with Crippen molar-refractivity contribution < 1.29 is 19.4 Å². The standard InChI is InChI=1S/C16H24N2O4/c1-9(2)18-7-5-10(6-8-18)17-15(19)13-11-3-4-12(22-11)14(13)16(20)21/h3-4,9-14H,5-8H2,1-2H3,(H,17,19)(H,20,21)/t11-,12-,13+,14-/m1/s1. The van der Waals surface area contributed by atoms with Crippen molar-refractivity contribution in [1.82, 2.24) is 10.2 Å². The number of ether oxygens (including phenoxy) is 1. The number of nitrogens with zero attached hydrogens (tertiary/aromatic N) is 1. The zero-order valence-corrected chi connectivity index (χ0v) is 13.1. The molecule has 0 aromatic heterocycles. The Balaban J connectivity index is 1.58. The molecule has 1 amide bonds. The number of nitrogens with one attached hydrogen (secondary N) is 1. The monoisotopic (exact) mass is 308 g/mol. The Labute approximate surface area is 130 Å². The number of piperidine rings is 1. The van der Waals surface area contributed by atoms with Gasteiger partial charge in [0.05, 0.1) is 18.1 Å². The Morgan fingerprint density at radius 3 is 2.32 bits per heavy atom. The maximum atomic E-state index is 12.5. The van der Waals surface area contributed by atoms with Gasteiger partial charge in [0.15, 0.2) is 0 Å². The second-order valence-electron chi connectivity index (χ2n) is 6.75. The van der Waals surface area contributed by atoms with Crippen LogP contribution in [0.4, 0.5) is 0 Å². The second kappa shape index (κ2) is 6.01. The van der Waals surface area contributed by atoms with Crippen molar-refractivity contribution in [3.8, 4) is 0 Å². The predicted octanol–water partition coefficient (Wildman–Crippen LogP) is 0.630. The molecule has 3 rings (SSSR count). The van der Waals surface area contributed by atoms with E-state index < -0.39 is 23.9 Å². The first-order valence-corrected chi connectivity index (χ1v) is 8.08. The number of amides is 1. The van der Waals surface area contributed by atoms with Crippen molar-refractivity contribution in [3.05, 3.63) is 12.2 Å². The summed E-state index contributed by atoms with van der Waals surface area (Å²) in [6, 6.07) is 0.664. The Morgan fingerprint density at radius 2 is 1.77 bits per heavy atom. The minimum Gasteiger partial charge on any atom is -0.481 e. The Kier molecular flexibility index (Phi) is 4.23. The van der Waals surface area contributed by atoms with Gasteiger partial charge in [0.1, 0.15) is 5.92 Å². The number of carbonyl (C=O) groups is 2. The lowest BCUT2D eigenvalue weighted by atomic mass is 9.82.